The Labute approximate surface area is 130 Å². The van der Waals surface area contributed by atoms with Crippen LogP contribution in [0.1, 0.15) is 56.3 Å². The third-order valence-corrected chi connectivity index (χ3v) is 5.56. The minimum absolute atomic E-state index is 0.0368. The van der Waals surface area contributed by atoms with E-state index in [2.05, 4.69) is 14.9 Å². The Bertz CT molecular complexity index is 575. The smallest absolute Gasteiger partial charge is 0.279 e. The van der Waals surface area contributed by atoms with Gasteiger partial charge in [0.1, 0.15) is 6.10 Å². The van der Waals surface area contributed by atoms with E-state index in [0.717, 1.165) is 38.5 Å². The van der Waals surface area contributed by atoms with Gasteiger partial charge >= 0.3 is 0 Å². The molecule has 0 aromatic carbocycles. The molecular weight excluding hydrogens is 308 g/mol. The van der Waals surface area contributed by atoms with E-state index in [9.17, 15) is 8.42 Å². The summed E-state index contributed by atoms with van der Waals surface area (Å²) in [7, 11) is -3.48. The largest absolute Gasteiger partial charge is 0.368 e. The third-order valence-electron chi connectivity index (χ3n) is 4.01. The predicted octanol–water partition coefficient (Wildman–Crippen LogP) is 1.13. The van der Waals surface area contributed by atoms with Gasteiger partial charge in [0.2, 0.25) is 0 Å². The topological polar surface area (TPSA) is 97.6 Å². The predicted molar refractivity (Wildman–Crippen MR) is 78.0 cm³/mol. The zero-order valence-corrected chi connectivity index (χ0v) is 13.3. The fourth-order valence-corrected chi connectivity index (χ4v) is 4.00. The van der Waals surface area contributed by atoms with E-state index in [4.69, 9.17) is 9.26 Å². The second-order valence-corrected chi connectivity index (χ2v) is 7.45. The van der Waals surface area contributed by atoms with Crippen molar-refractivity contribution in [1.82, 2.24) is 19.2 Å². The molecule has 0 bridgehead atoms. The molecule has 0 saturated carbocycles. The summed E-state index contributed by atoms with van der Waals surface area (Å²) in [5.41, 5.74) is 0. The van der Waals surface area contributed by atoms with Gasteiger partial charge in [0, 0.05) is 19.7 Å². The van der Waals surface area contributed by atoms with Crippen LogP contribution in [-0.4, -0.2) is 42.6 Å². The number of ether oxygens (including phenoxy) is 1. The van der Waals surface area contributed by atoms with Crippen molar-refractivity contribution in [3.63, 3.8) is 0 Å². The normalized spacial score (nSPS) is 24.5. The van der Waals surface area contributed by atoms with Crippen LogP contribution < -0.4 is 4.72 Å². The molecular formula is C13H22N4O4S. The molecule has 0 amide bonds. The van der Waals surface area contributed by atoms with E-state index in [1.807, 2.05) is 0 Å². The fourth-order valence-electron chi connectivity index (χ4n) is 2.77. The van der Waals surface area contributed by atoms with Crippen LogP contribution in [0.3, 0.4) is 0 Å². The summed E-state index contributed by atoms with van der Waals surface area (Å²) in [4.78, 5) is 4.21. The molecule has 3 rings (SSSR count). The molecule has 0 spiro atoms. The van der Waals surface area contributed by atoms with Crippen molar-refractivity contribution < 1.29 is 17.7 Å². The molecule has 2 aliphatic heterocycles. The molecule has 22 heavy (non-hydrogen) atoms. The Balaban J connectivity index is 1.56. The molecule has 1 aromatic heterocycles. The number of nitrogens with zero attached hydrogens (tertiary/aromatic N) is 3. The second kappa shape index (κ2) is 7.03. The average Bonchev–Trinajstić information content (AvgIpc) is 3.11. The lowest BCUT2D eigenvalue weighted by Crippen LogP contribution is -2.41. The van der Waals surface area contributed by atoms with Gasteiger partial charge in [-0.15, -0.1) is 0 Å². The number of hydrogen-bond acceptors (Lipinski definition) is 6. The van der Waals surface area contributed by atoms with Crippen molar-refractivity contribution in [2.24, 2.45) is 0 Å². The quantitative estimate of drug-likeness (QED) is 0.869. The maximum absolute atomic E-state index is 12.3. The van der Waals surface area contributed by atoms with Crippen LogP contribution in [0.15, 0.2) is 4.52 Å². The summed E-state index contributed by atoms with van der Waals surface area (Å²) in [5.74, 6) is 0.769. The van der Waals surface area contributed by atoms with Gasteiger partial charge in [0.15, 0.2) is 5.82 Å². The van der Waals surface area contributed by atoms with E-state index < -0.39 is 10.2 Å². The summed E-state index contributed by atoms with van der Waals surface area (Å²) in [6.07, 6.45) is 5.68. The highest BCUT2D eigenvalue weighted by atomic mass is 32.2. The van der Waals surface area contributed by atoms with Crippen molar-refractivity contribution in [2.45, 2.75) is 51.2 Å². The maximum Gasteiger partial charge on any atom is 0.279 e. The zero-order chi connectivity index (χ0) is 15.4. The Morgan fingerprint density at radius 3 is 2.64 bits per heavy atom. The van der Waals surface area contributed by atoms with Crippen molar-refractivity contribution in [3.8, 4) is 0 Å². The lowest BCUT2D eigenvalue weighted by molar-refractivity contribution is 0.0835. The van der Waals surface area contributed by atoms with Crippen LogP contribution in [0.5, 0.6) is 0 Å². The molecule has 0 aliphatic carbocycles. The molecule has 1 atom stereocenters. The molecule has 1 N–H and O–H groups in total. The Morgan fingerprint density at radius 1 is 1.18 bits per heavy atom. The summed E-state index contributed by atoms with van der Waals surface area (Å²) in [6, 6.07) is 0. The van der Waals surface area contributed by atoms with Crippen molar-refractivity contribution >= 4 is 10.2 Å². The van der Waals surface area contributed by atoms with Gasteiger partial charge in [-0.05, 0) is 25.7 Å². The van der Waals surface area contributed by atoms with Gasteiger partial charge in [-0.3, -0.25) is 0 Å². The summed E-state index contributed by atoms with van der Waals surface area (Å²) >= 11 is 0. The van der Waals surface area contributed by atoms with E-state index in [-0.39, 0.29) is 12.6 Å². The van der Waals surface area contributed by atoms with E-state index >= 15 is 0 Å². The van der Waals surface area contributed by atoms with Crippen molar-refractivity contribution in [2.75, 3.05) is 19.7 Å². The standard InChI is InChI=1S/C13H22N4O4S/c18-22(19,17-7-3-1-2-4-8-17)14-10-12-15-13(21-16-12)11-6-5-9-20-11/h11,14H,1-10H2/t11-/m0/s1. The summed E-state index contributed by atoms with van der Waals surface area (Å²) < 4.78 is 39.2. The van der Waals surface area contributed by atoms with Crippen LogP contribution in [0.4, 0.5) is 0 Å². The minimum atomic E-state index is -3.48. The minimum Gasteiger partial charge on any atom is -0.368 e. The highest BCUT2D eigenvalue weighted by Gasteiger charge is 2.26. The molecule has 1 aromatic rings. The Hall–Kier alpha value is -1.03. The van der Waals surface area contributed by atoms with Crippen molar-refractivity contribution in [1.29, 1.82) is 0 Å². The Kier molecular flexibility index (Phi) is 5.07. The van der Waals surface area contributed by atoms with Gasteiger partial charge in [-0.1, -0.05) is 18.0 Å². The van der Waals surface area contributed by atoms with Gasteiger partial charge in [0.05, 0.1) is 6.54 Å². The summed E-state index contributed by atoms with van der Waals surface area (Å²) in [5, 5.41) is 3.82. The van der Waals surface area contributed by atoms with E-state index in [0.29, 0.717) is 31.4 Å². The molecule has 0 unspecified atom stereocenters. The van der Waals surface area contributed by atoms with Gasteiger partial charge in [-0.25, -0.2) is 0 Å². The lowest BCUT2D eigenvalue weighted by Gasteiger charge is -2.19. The summed E-state index contributed by atoms with van der Waals surface area (Å²) in [6.45, 7) is 1.88. The molecule has 0 radical (unpaired) electrons. The highest BCUT2D eigenvalue weighted by Crippen LogP contribution is 2.26. The molecule has 2 aliphatic rings. The molecule has 2 fully saturated rings. The van der Waals surface area contributed by atoms with Gasteiger partial charge in [-0.2, -0.15) is 22.4 Å². The number of hydrogen-bond donors (Lipinski definition) is 1. The van der Waals surface area contributed by atoms with Crippen LogP contribution in [-0.2, 0) is 21.5 Å². The molecule has 8 nitrogen and oxygen atoms in total. The van der Waals surface area contributed by atoms with E-state index in [1.54, 1.807) is 0 Å². The monoisotopic (exact) mass is 330 g/mol. The first-order chi connectivity index (χ1) is 10.6. The van der Waals surface area contributed by atoms with Gasteiger partial charge < -0.3 is 9.26 Å². The van der Waals surface area contributed by atoms with Crippen LogP contribution >= 0.6 is 0 Å². The third kappa shape index (κ3) is 3.83. The zero-order valence-electron chi connectivity index (χ0n) is 12.5. The van der Waals surface area contributed by atoms with Gasteiger partial charge in [0.25, 0.3) is 16.1 Å². The number of rotatable bonds is 5. The average molecular weight is 330 g/mol. The SMILES string of the molecule is O=S(=O)(NCc1noc([C@@H]2CCCO2)n1)N1CCCCCC1. The van der Waals surface area contributed by atoms with Crippen molar-refractivity contribution in [3.05, 3.63) is 11.7 Å². The molecule has 124 valence electrons. The first kappa shape index (κ1) is 15.9. The molecule has 9 heteroatoms. The van der Waals surface area contributed by atoms with E-state index in [1.165, 1.54) is 4.31 Å². The van der Waals surface area contributed by atoms with Crippen LogP contribution in [0.25, 0.3) is 0 Å². The van der Waals surface area contributed by atoms with Crippen LogP contribution in [0.2, 0.25) is 0 Å². The fraction of sp³-hybridized carbons (Fsp3) is 0.846. The first-order valence-corrected chi connectivity index (χ1v) is 9.28. The first-order valence-electron chi connectivity index (χ1n) is 7.84. The Morgan fingerprint density at radius 2 is 1.95 bits per heavy atom. The maximum atomic E-state index is 12.3. The lowest BCUT2D eigenvalue weighted by atomic mass is 10.2. The molecule has 3 heterocycles. The second-order valence-electron chi connectivity index (χ2n) is 5.69. The number of nitrogens with one attached hydrogen (secondary N) is 1. The molecule has 2 saturated heterocycles. The van der Waals surface area contributed by atoms with Crippen LogP contribution in [0, 0.1) is 0 Å². The number of aromatic nitrogens is 2. The highest BCUT2D eigenvalue weighted by molar-refractivity contribution is 7.87.